The number of ether oxygens (including phenoxy) is 2. The minimum absolute atomic E-state index is 0.0655. The summed E-state index contributed by atoms with van der Waals surface area (Å²) in [5.74, 6) is -0.316. The van der Waals surface area contributed by atoms with Gasteiger partial charge in [0.1, 0.15) is 11.4 Å². The highest BCUT2D eigenvalue weighted by molar-refractivity contribution is 5.85. The number of rotatable bonds is 2. The highest BCUT2D eigenvalue weighted by Crippen LogP contribution is 2.31. The molecule has 0 aliphatic carbocycles. The van der Waals surface area contributed by atoms with Crippen LogP contribution in [0.4, 0.5) is 5.82 Å². The van der Waals surface area contributed by atoms with Crippen LogP contribution in [0.1, 0.15) is 30.3 Å². The summed E-state index contributed by atoms with van der Waals surface area (Å²) in [6.45, 7) is 4.80. The van der Waals surface area contributed by atoms with Gasteiger partial charge in [-0.15, -0.1) is 0 Å². The van der Waals surface area contributed by atoms with E-state index >= 15 is 0 Å². The van der Waals surface area contributed by atoms with Gasteiger partial charge in [-0.3, -0.25) is 0 Å². The van der Waals surface area contributed by atoms with E-state index in [4.69, 9.17) is 14.6 Å². The van der Waals surface area contributed by atoms with Gasteiger partial charge in [0.15, 0.2) is 5.69 Å². The molecule has 0 aromatic carbocycles. The molecular formula is C15H20N2O4. The summed E-state index contributed by atoms with van der Waals surface area (Å²) in [5.41, 5.74) is -0.225. The quantitative estimate of drug-likeness (QED) is 0.892. The van der Waals surface area contributed by atoms with E-state index < -0.39 is 5.97 Å². The fraction of sp³-hybridized carbons (Fsp3) is 0.600. The van der Waals surface area contributed by atoms with E-state index in [1.807, 2.05) is 13.0 Å². The Balaban J connectivity index is 1.84. The zero-order valence-electron chi connectivity index (χ0n) is 12.1. The largest absolute Gasteiger partial charge is 0.477 e. The maximum absolute atomic E-state index is 11.1. The molecule has 6 heteroatoms. The highest BCUT2D eigenvalue weighted by atomic mass is 16.6. The minimum Gasteiger partial charge on any atom is -0.477 e. The number of pyridine rings is 1. The SMILES string of the molecule is CC1CN(c2cccc(C(=O)O)n2)CC2(CCCOC2)O1. The molecule has 2 saturated heterocycles. The van der Waals surface area contributed by atoms with Gasteiger partial charge in [-0.1, -0.05) is 6.07 Å². The molecule has 1 aromatic heterocycles. The molecule has 21 heavy (non-hydrogen) atoms. The van der Waals surface area contributed by atoms with Gasteiger partial charge in [0.25, 0.3) is 0 Å². The Labute approximate surface area is 123 Å². The molecule has 1 aromatic rings. The number of carboxylic acids is 1. The highest BCUT2D eigenvalue weighted by Gasteiger charge is 2.41. The number of hydrogen-bond acceptors (Lipinski definition) is 5. The molecule has 2 fully saturated rings. The van der Waals surface area contributed by atoms with Crippen molar-refractivity contribution in [2.75, 3.05) is 31.2 Å². The first-order valence-corrected chi connectivity index (χ1v) is 7.29. The molecule has 0 saturated carbocycles. The summed E-state index contributed by atoms with van der Waals surface area (Å²) in [6, 6.07) is 5.09. The van der Waals surface area contributed by atoms with Gasteiger partial charge < -0.3 is 19.5 Å². The van der Waals surface area contributed by atoms with Gasteiger partial charge in [-0.2, -0.15) is 0 Å². The second kappa shape index (κ2) is 5.61. The lowest BCUT2D eigenvalue weighted by atomic mass is 9.93. The standard InChI is InChI=1S/C15H20N2O4/c1-11-8-17(9-15(21-11)6-3-7-20-10-15)13-5-2-4-12(16-13)14(18)19/h2,4-5,11H,3,6-10H2,1H3,(H,18,19). The third-order valence-corrected chi connectivity index (χ3v) is 3.97. The topological polar surface area (TPSA) is 71.9 Å². The fourth-order valence-electron chi connectivity index (χ4n) is 3.16. The molecule has 0 bridgehead atoms. The second-order valence-corrected chi connectivity index (χ2v) is 5.83. The third kappa shape index (κ3) is 3.01. The van der Waals surface area contributed by atoms with E-state index in [-0.39, 0.29) is 17.4 Å². The van der Waals surface area contributed by atoms with E-state index in [0.717, 1.165) is 19.4 Å². The van der Waals surface area contributed by atoms with Crippen molar-refractivity contribution >= 4 is 11.8 Å². The average Bonchev–Trinajstić information content (AvgIpc) is 2.47. The van der Waals surface area contributed by atoms with Crippen molar-refractivity contribution in [2.45, 2.75) is 31.5 Å². The van der Waals surface area contributed by atoms with Crippen LogP contribution in [0.15, 0.2) is 18.2 Å². The van der Waals surface area contributed by atoms with Crippen LogP contribution in [0.25, 0.3) is 0 Å². The van der Waals surface area contributed by atoms with Crippen LogP contribution < -0.4 is 4.90 Å². The number of carboxylic acid groups (broad SMARTS) is 1. The number of morpholine rings is 1. The molecule has 1 N–H and O–H groups in total. The zero-order valence-corrected chi connectivity index (χ0v) is 12.1. The van der Waals surface area contributed by atoms with Crippen molar-refractivity contribution in [3.8, 4) is 0 Å². The van der Waals surface area contributed by atoms with Crippen molar-refractivity contribution in [1.82, 2.24) is 4.98 Å². The lowest BCUT2D eigenvalue weighted by Gasteiger charge is -2.47. The summed E-state index contributed by atoms with van der Waals surface area (Å²) in [6.07, 6.45) is 2.02. The van der Waals surface area contributed by atoms with Gasteiger partial charge in [-0.05, 0) is 31.9 Å². The first kappa shape index (κ1) is 14.3. The zero-order chi connectivity index (χ0) is 14.9. The molecule has 114 valence electrons. The molecule has 3 rings (SSSR count). The predicted octanol–water partition coefficient (Wildman–Crippen LogP) is 1.55. The Morgan fingerprint density at radius 3 is 3.10 bits per heavy atom. The van der Waals surface area contributed by atoms with Crippen molar-refractivity contribution in [3.63, 3.8) is 0 Å². The summed E-state index contributed by atoms with van der Waals surface area (Å²) < 4.78 is 11.7. The Morgan fingerprint density at radius 1 is 1.52 bits per heavy atom. The number of carbonyl (C=O) groups is 1. The van der Waals surface area contributed by atoms with Crippen molar-refractivity contribution in [3.05, 3.63) is 23.9 Å². The van der Waals surface area contributed by atoms with Crippen LogP contribution in [0.2, 0.25) is 0 Å². The predicted molar refractivity (Wildman–Crippen MR) is 76.7 cm³/mol. The minimum atomic E-state index is -1.01. The Kier molecular flexibility index (Phi) is 3.82. The first-order chi connectivity index (χ1) is 10.1. The number of hydrogen-bond donors (Lipinski definition) is 1. The molecular weight excluding hydrogens is 272 g/mol. The van der Waals surface area contributed by atoms with Gasteiger partial charge in [0.2, 0.25) is 0 Å². The van der Waals surface area contributed by atoms with E-state index in [2.05, 4.69) is 9.88 Å². The molecule has 1 spiro atoms. The van der Waals surface area contributed by atoms with E-state index in [1.54, 1.807) is 6.07 Å². The Morgan fingerprint density at radius 2 is 2.38 bits per heavy atom. The Hall–Kier alpha value is -1.66. The van der Waals surface area contributed by atoms with Crippen LogP contribution in [0.5, 0.6) is 0 Å². The second-order valence-electron chi connectivity index (χ2n) is 5.83. The lowest BCUT2D eigenvalue weighted by Crippen LogP contribution is -2.58. The molecule has 6 nitrogen and oxygen atoms in total. The molecule has 2 aliphatic heterocycles. The first-order valence-electron chi connectivity index (χ1n) is 7.29. The summed E-state index contributed by atoms with van der Waals surface area (Å²) in [5, 5.41) is 9.08. The smallest absolute Gasteiger partial charge is 0.354 e. The van der Waals surface area contributed by atoms with Crippen molar-refractivity contribution < 1.29 is 19.4 Å². The fourth-order valence-corrected chi connectivity index (χ4v) is 3.16. The van der Waals surface area contributed by atoms with E-state index in [1.165, 1.54) is 6.07 Å². The maximum Gasteiger partial charge on any atom is 0.354 e. The summed E-state index contributed by atoms with van der Waals surface area (Å²) in [7, 11) is 0. The molecule has 3 heterocycles. The van der Waals surface area contributed by atoms with Crippen LogP contribution in [0.3, 0.4) is 0 Å². The number of aromatic carboxylic acids is 1. The van der Waals surface area contributed by atoms with E-state index in [9.17, 15) is 4.79 Å². The average molecular weight is 292 g/mol. The molecule has 0 radical (unpaired) electrons. The molecule has 2 unspecified atom stereocenters. The number of nitrogens with zero attached hydrogens (tertiary/aromatic N) is 2. The Bertz CT molecular complexity index is 528. The normalized spacial score (nSPS) is 29.6. The van der Waals surface area contributed by atoms with Crippen LogP contribution in [-0.4, -0.2) is 54.1 Å². The van der Waals surface area contributed by atoms with Crippen molar-refractivity contribution in [1.29, 1.82) is 0 Å². The summed E-state index contributed by atoms with van der Waals surface area (Å²) >= 11 is 0. The maximum atomic E-state index is 11.1. The van der Waals surface area contributed by atoms with Gasteiger partial charge in [0.05, 0.1) is 19.3 Å². The van der Waals surface area contributed by atoms with E-state index in [0.29, 0.717) is 25.5 Å². The lowest BCUT2D eigenvalue weighted by molar-refractivity contribution is -0.160. The number of anilines is 1. The number of aromatic nitrogens is 1. The van der Waals surface area contributed by atoms with Gasteiger partial charge in [0, 0.05) is 13.2 Å². The third-order valence-electron chi connectivity index (χ3n) is 3.97. The van der Waals surface area contributed by atoms with Gasteiger partial charge in [-0.25, -0.2) is 9.78 Å². The molecule has 0 amide bonds. The molecule has 2 aliphatic rings. The van der Waals surface area contributed by atoms with Crippen LogP contribution in [-0.2, 0) is 9.47 Å². The van der Waals surface area contributed by atoms with Gasteiger partial charge >= 0.3 is 5.97 Å². The monoisotopic (exact) mass is 292 g/mol. The van der Waals surface area contributed by atoms with Crippen LogP contribution in [0, 0.1) is 0 Å². The summed E-state index contributed by atoms with van der Waals surface area (Å²) in [4.78, 5) is 17.4. The molecule has 2 atom stereocenters. The van der Waals surface area contributed by atoms with Crippen molar-refractivity contribution in [2.24, 2.45) is 0 Å². The van der Waals surface area contributed by atoms with Crippen LogP contribution >= 0.6 is 0 Å².